The first-order valence-corrected chi connectivity index (χ1v) is 25.2. The summed E-state index contributed by atoms with van der Waals surface area (Å²) in [5.74, 6) is -1.75. The highest BCUT2D eigenvalue weighted by Crippen LogP contribution is 2.15. The summed E-state index contributed by atoms with van der Waals surface area (Å²) >= 11 is 0. The highest BCUT2D eigenvalue weighted by Gasteiger charge is 2.25. The van der Waals surface area contributed by atoms with Crippen LogP contribution in [0.5, 0.6) is 0 Å². The lowest BCUT2D eigenvalue weighted by atomic mass is 10.1. The van der Waals surface area contributed by atoms with Gasteiger partial charge in [-0.1, -0.05) is 178 Å². The van der Waals surface area contributed by atoms with Crippen LogP contribution in [0, 0.1) is 0 Å². The lowest BCUT2D eigenvalue weighted by molar-refractivity contribution is -0.889. The second-order valence-corrected chi connectivity index (χ2v) is 18.0. The molecule has 0 rings (SSSR count). The molecule has 0 aliphatic carbocycles. The summed E-state index contributed by atoms with van der Waals surface area (Å²) in [4.78, 5) is 37.0. The minimum absolute atomic E-state index is 0.0361. The molecule has 0 amide bonds. The summed E-state index contributed by atoms with van der Waals surface area (Å²) in [5, 5.41) is 11.7. The summed E-state index contributed by atoms with van der Waals surface area (Å²) in [7, 11) is 5.41. The van der Waals surface area contributed by atoms with Crippen molar-refractivity contribution < 1.29 is 38.2 Å². The topological polar surface area (TPSA) is 102 Å². The van der Waals surface area contributed by atoms with Crippen molar-refractivity contribution >= 4 is 17.9 Å². The van der Waals surface area contributed by atoms with Gasteiger partial charge in [-0.15, -0.1) is 0 Å². The van der Waals surface area contributed by atoms with Gasteiger partial charge in [0.15, 0.2) is 6.10 Å². The third-order valence-corrected chi connectivity index (χ3v) is 11.2. The Morgan fingerprint density at radius 2 is 0.918 bits per heavy atom. The SMILES string of the molecule is CC/C=C/C/C=C/C/C=C/CCCCCCCCCCCC(=O)OC(COCCC(C(=O)[O-])[N+](C)(C)C)COC(=O)CCCCCCC/C=C/CCCCCCCCCCC. The Morgan fingerprint density at radius 3 is 1.38 bits per heavy atom. The van der Waals surface area contributed by atoms with E-state index >= 15 is 0 Å². The second-order valence-electron chi connectivity index (χ2n) is 18.0. The number of allylic oxidation sites excluding steroid dienone is 8. The Hall–Kier alpha value is -2.71. The van der Waals surface area contributed by atoms with Crippen LogP contribution in [0.1, 0.15) is 219 Å². The molecule has 0 aromatic rings. The summed E-state index contributed by atoms with van der Waals surface area (Å²) in [6.45, 7) is 4.56. The molecule has 0 bridgehead atoms. The molecule has 2 atom stereocenters. The molecule has 0 radical (unpaired) electrons. The van der Waals surface area contributed by atoms with Crippen LogP contribution in [0.2, 0.25) is 0 Å². The molecule has 61 heavy (non-hydrogen) atoms. The molecule has 0 fully saturated rings. The minimum Gasteiger partial charge on any atom is -0.544 e. The van der Waals surface area contributed by atoms with E-state index in [0.29, 0.717) is 12.8 Å². The lowest BCUT2D eigenvalue weighted by Crippen LogP contribution is -2.55. The fourth-order valence-electron chi connectivity index (χ4n) is 7.32. The van der Waals surface area contributed by atoms with E-state index in [1.807, 2.05) is 0 Å². The van der Waals surface area contributed by atoms with E-state index in [0.717, 1.165) is 77.0 Å². The largest absolute Gasteiger partial charge is 0.544 e. The average Bonchev–Trinajstić information content (AvgIpc) is 3.22. The third-order valence-electron chi connectivity index (χ3n) is 11.2. The van der Waals surface area contributed by atoms with E-state index in [-0.39, 0.29) is 42.7 Å². The van der Waals surface area contributed by atoms with Crippen LogP contribution in [0.4, 0.5) is 0 Å². The van der Waals surface area contributed by atoms with Gasteiger partial charge in [-0.25, -0.2) is 0 Å². The number of likely N-dealkylation sites (N-methyl/N-ethyl adjacent to an activating group) is 1. The molecule has 0 heterocycles. The monoisotopic (exact) mass is 858 g/mol. The fourth-order valence-corrected chi connectivity index (χ4v) is 7.32. The first-order valence-electron chi connectivity index (χ1n) is 25.2. The lowest BCUT2D eigenvalue weighted by Gasteiger charge is -2.34. The van der Waals surface area contributed by atoms with Crippen molar-refractivity contribution in [2.45, 2.75) is 231 Å². The average molecular weight is 858 g/mol. The molecule has 0 saturated carbocycles. The molecular weight excluding hydrogens is 763 g/mol. The van der Waals surface area contributed by atoms with Crippen LogP contribution in [-0.2, 0) is 28.6 Å². The number of nitrogens with zero attached hydrogens (tertiary/aromatic N) is 1. The normalized spacial score (nSPS) is 13.3. The van der Waals surface area contributed by atoms with Crippen LogP contribution >= 0.6 is 0 Å². The van der Waals surface area contributed by atoms with Crippen LogP contribution in [0.25, 0.3) is 0 Å². The maximum Gasteiger partial charge on any atom is 0.306 e. The third kappa shape index (κ3) is 42.4. The van der Waals surface area contributed by atoms with E-state index in [1.165, 1.54) is 109 Å². The molecule has 354 valence electrons. The van der Waals surface area contributed by atoms with Crippen LogP contribution in [0.3, 0.4) is 0 Å². The first kappa shape index (κ1) is 58.3. The zero-order valence-electron chi connectivity index (χ0n) is 40.3. The molecule has 0 aliphatic heterocycles. The second kappa shape index (κ2) is 43.9. The van der Waals surface area contributed by atoms with E-state index in [2.05, 4.69) is 62.5 Å². The maximum atomic E-state index is 12.8. The van der Waals surface area contributed by atoms with Gasteiger partial charge in [0.05, 0.1) is 40.3 Å². The highest BCUT2D eigenvalue weighted by molar-refractivity contribution is 5.70. The highest BCUT2D eigenvalue weighted by atomic mass is 16.6. The zero-order chi connectivity index (χ0) is 44.9. The van der Waals surface area contributed by atoms with Crippen molar-refractivity contribution in [3.8, 4) is 0 Å². The quantitative estimate of drug-likeness (QED) is 0.0260. The van der Waals surface area contributed by atoms with Crippen molar-refractivity contribution in [2.75, 3.05) is 41.0 Å². The number of hydrogen-bond donors (Lipinski definition) is 0. The number of carbonyl (C=O) groups excluding carboxylic acids is 3. The van der Waals surface area contributed by atoms with Crippen LogP contribution in [0.15, 0.2) is 48.6 Å². The molecule has 0 saturated heterocycles. The first-order chi connectivity index (χ1) is 29.6. The van der Waals surface area contributed by atoms with Gasteiger partial charge in [-0.05, 0) is 70.6 Å². The number of rotatable bonds is 45. The number of carboxylic acid groups (broad SMARTS) is 1. The predicted molar refractivity (Wildman–Crippen MR) is 254 cm³/mol. The van der Waals surface area contributed by atoms with Crippen molar-refractivity contribution in [1.29, 1.82) is 0 Å². The number of esters is 2. The summed E-state index contributed by atoms with van der Waals surface area (Å²) in [6.07, 6.45) is 52.8. The Kier molecular flexibility index (Phi) is 42.0. The van der Waals surface area contributed by atoms with Gasteiger partial charge in [-0.2, -0.15) is 0 Å². The Bertz CT molecular complexity index is 1140. The molecule has 0 N–H and O–H groups in total. The molecule has 8 heteroatoms. The Balaban J connectivity index is 4.27. The number of hydrogen-bond acceptors (Lipinski definition) is 7. The molecule has 0 aromatic carbocycles. The minimum atomic E-state index is -1.13. The summed E-state index contributed by atoms with van der Waals surface area (Å²) in [5.41, 5.74) is 0. The molecule has 2 unspecified atom stereocenters. The fraction of sp³-hybridized carbons (Fsp3) is 0.792. The number of unbranched alkanes of at least 4 members (excludes halogenated alkanes) is 23. The van der Waals surface area contributed by atoms with Crippen molar-refractivity contribution in [2.24, 2.45) is 0 Å². The van der Waals surface area contributed by atoms with Crippen LogP contribution < -0.4 is 5.11 Å². The van der Waals surface area contributed by atoms with Gasteiger partial charge < -0.3 is 28.6 Å². The van der Waals surface area contributed by atoms with Gasteiger partial charge in [-0.3, -0.25) is 9.59 Å². The van der Waals surface area contributed by atoms with Gasteiger partial charge >= 0.3 is 11.9 Å². The van der Waals surface area contributed by atoms with Gasteiger partial charge in [0.2, 0.25) is 0 Å². The smallest absolute Gasteiger partial charge is 0.306 e. The van der Waals surface area contributed by atoms with Crippen molar-refractivity contribution in [3.05, 3.63) is 48.6 Å². The Labute approximate surface area is 376 Å². The molecular formula is C53H95NO7. The van der Waals surface area contributed by atoms with E-state index in [9.17, 15) is 19.5 Å². The van der Waals surface area contributed by atoms with E-state index in [1.54, 1.807) is 21.1 Å². The summed E-state index contributed by atoms with van der Waals surface area (Å²) < 4.78 is 17.2. The van der Waals surface area contributed by atoms with Gasteiger partial charge in [0, 0.05) is 19.3 Å². The van der Waals surface area contributed by atoms with E-state index < -0.39 is 18.1 Å². The van der Waals surface area contributed by atoms with Crippen molar-refractivity contribution in [3.63, 3.8) is 0 Å². The molecule has 0 spiro atoms. The number of carboxylic acids is 1. The molecule has 0 aliphatic rings. The number of ether oxygens (including phenoxy) is 3. The van der Waals surface area contributed by atoms with Gasteiger partial charge in [0.25, 0.3) is 0 Å². The van der Waals surface area contributed by atoms with Gasteiger partial charge in [0.1, 0.15) is 12.6 Å². The molecule has 8 nitrogen and oxygen atoms in total. The number of aliphatic carboxylic acids is 1. The predicted octanol–water partition coefficient (Wildman–Crippen LogP) is 13.0. The maximum absolute atomic E-state index is 12.8. The number of carbonyl (C=O) groups is 3. The summed E-state index contributed by atoms with van der Waals surface area (Å²) in [6, 6.07) is -0.729. The number of quaternary nitrogens is 1. The standard InChI is InChI=1S/C53H95NO7/c1-6-8-10-12-14-16-18-20-22-24-26-28-30-32-34-36-38-40-42-44-52(56)61-49(47-59-46-45-50(53(57)58)54(3,4)5)48-60-51(55)43-41-39-37-35-33-31-29-27-25-23-21-19-17-15-13-11-9-7-2/h8,10,14,16,20,22,27,29,49-50H,6-7,9,11-13,15,17-19,21,23-26,28,30-48H2,1-5H3/b10-8+,16-14+,22-20+,29-27+. The Morgan fingerprint density at radius 1 is 0.508 bits per heavy atom. The zero-order valence-corrected chi connectivity index (χ0v) is 40.3. The van der Waals surface area contributed by atoms with E-state index in [4.69, 9.17) is 14.2 Å². The van der Waals surface area contributed by atoms with Crippen molar-refractivity contribution in [1.82, 2.24) is 0 Å². The molecule has 0 aromatic heterocycles. The van der Waals surface area contributed by atoms with Crippen LogP contribution in [-0.4, -0.2) is 75.5 Å².